The normalized spacial score (nSPS) is 20.3. The second-order valence-corrected chi connectivity index (χ2v) is 3.45. The van der Waals surface area contributed by atoms with Crippen molar-refractivity contribution in [3.8, 4) is 0 Å². The molecule has 0 atom stereocenters. The van der Waals surface area contributed by atoms with Crippen molar-refractivity contribution in [2.45, 2.75) is 38.1 Å². The summed E-state index contributed by atoms with van der Waals surface area (Å²) < 4.78 is 0. The van der Waals surface area contributed by atoms with Crippen LogP contribution in [0.2, 0.25) is 0 Å². The van der Waals surface area contributed by atoms with Crippen molar-refractivity contribution in [1.82, 2.24) is 5.23 Å². The highest BCUT2D eigenvalue weighted by Gasteiger charge is 2.11. The van der Waals surface area contributed by atoms with Crippen LogP contribution in [0.3, 0.4) is 0 Å². The first-order chi connectivity index (χ1) is 6.74. The lowest BCUT2D eigenvalue weighted by Crippen LogP contribution is -2.17. The smallest absolute Gasteiger partial charge is 0.127 e. The molecule has 5 heteroatoms. The number of nitrogens with two attached hydrogens (primary N) is 1. The Hall–Kier alpha value is -1.07. The fourth-order valence-electron chi connectivity index (χ4n) is 1.57. The molecular weight excluding hydrogens is 182 g/mol. The molecule has 0 aromatic rings. The van der Waals surface area contributed by atoms with E-state index in [0.717, 1.165) is 19.0 Å². The molecule has 0 amide bonds. The molecule has 14 heavy (non-hydrogen) atoms. The largest absolute Gasteiger partial charge is 0.403 e. The third kappa shape index (κ3) is 3.35. The highest BCUT2D eigenvalue weighted by molar-refractivity contribution is 5.77. The lowest BCUT2D eigenvalue weighted by Gasteiger charge is -2.17. The predicted molar refractivity (Wildman–Crippen MR) is 53.0 cm³/mol. The number of nitrogens with zero attached hydrogens (tertiary/aromatic N) is 2. The van der Waals surface area contributed by atoms with Gasteiger partial charge in [0.1, 0.15) is 5.70 Å². The first-order valence-corrected chi connectivity index (χ1v) is 4.87. The highest BCUT2D eigenvalue weighted by Crippen LogP contribution is 2.20. The Labute approximate surface area is 83.5 Å². The molecule has 5 nitrogen and oxygen atoms in total. The van der Waals surface area contributed by atoms with E-state index < -0.39 is 0 Å². The van der Waals surface area contributed by atoms with Crippen molar-refractivity contribution in [2.75, 3.05) is 0 Å². The molecule has 1 fully saturated rings. The van der Waals surface area contributed by atoms with Crippen molar-refractivity contribution in [2.24, 2.45) is 10.7 Å². The van der Waals surface area contributed by atoms with Crippen LogP contribution in [-0.4, -0.2) is 27.9 Å². The SMILES string of the molecule is N/C=C(\C=NC1CCCCC1)N(O)O. The van der Waals surface area contributed by atoms with Gasteiger partial charge >= 0.3 is 0 Å². The lowest BCUT2D eigenvalue weighted by molar-refractivity contribution is -0.273. The van der Waals surface area contributed by atoms with E-state index in [-0.39, 0.29) is 10.9 Å². The Morgan fingerprint density at radius 2 is 1.93 bits per heavy atom. The van der Waals surface area contributed by atoms with E-state index in [1.807, 2.05) is 0 Å². The molecule has 0 aromatic carbocycles. The second-order valence-electron chi connectivity index (χ2n) is 3.45. The molecular formula is C9H17N3O2. The summed E-state index contributed by atoms with van der Waals surface area (Å²) in [4.78, 5) is 4.24. The van der Waals surface area contributed by atoms with Crippen molar-refractivity contribution in [3.63, 3.8) is 0 Å². The van der Waals surface area contributed by atoms with E-state index in [2.05, 4.69) is 4.99 Å². The molecule has 1 rings (SSSR count). The van der Waals surface area contributed by atoms with E-state index in [0.29, 0.717) is 6.04 Å². The maximum atomic E-state index is 8.69. The minimum Gasteiger partial charge on any atom is -0.403 e. The van der Waals surface area contributed by atoms with Crippen LogP contribution in [0, 0.1) is 0 Å². The summed E-state index contributed by atoms with van der Waals surface area (Å²) in [6, 6.07) is 0.304. The maximum absolute atomic E-state index is 8.69. The standard InChI is InChI=1S/C9H17N3O2/c10-6-9(12(13)14)7-11-8-4-2-1-3-5-8/h6-8,13-14H,1-5,10H2/b9-6+,11-7?. The summed E-state index contributed by atoms with van der Waals surface area (Å²) in [5, 5.41) is 17.4. The van der Waals surface area contributed by atoms with E-state index >= 15 is 0 Å². The number of aliphatic imine (C=N–C) groups is 1. The molecule has 80 valence electrons. The third-order valence-corrected chi connectivity index (χ3v) is 2.39. The van der Waals surface area contributed by atoms with Gasteiger partial charge in [-0.1, -0.05) is 19.3 Å². The van der Waals surface area contributed by atoms with Crippen LogP contribution in [0.5, 0.6) is 0 Å². The zero-order chi connectivity index (χ0) is 10.4. The van der Waals surface area contributed by atoms with Crippen molar-refractivity contribution in [1.29, 1.82) is 0 Å². The lowest BCUT2D eigenvalue weighted by atomic mass is 9.96. The first kappa shape index (κ1) is 11.0. The van der Waals surface area contributed by atoms with Crippen LogP contribution >= 0.6 is 0 Å². The minimum absolute atomic E-state index is 0.0215. The highest BCUT2D eigenvalue weighted by atomic mass is 16.8. The summed E-state index contributed by atoms with van der Waals surface area (Å²) in [6.07, 6.45) is 8.33. The fourth-order valence-corrected chi connectivity index (χ4v) is 1.57. The fraction of sp³-hybridized carbons (Fsp3) is 0.667. The number of hydrogen-bond acceptors (Lipinski definition) is 5. The third-order valence-electron chi connectivity index (χ3n) is 2.39. The maximum Gasteiger partial charge on any atom is 0.127 e. The van der Waals surface area contributed by atoms with Crippen LogP contribution in [0.25, 0.3) is 0 Å². The molecule has 1 aliphatic rings. The zero-order valence-corrected chi connectivity index (χ0v) is 8.13. The summed E-state index contributed by atoms with van der Waals surface area (Å²) in [6.45, 7) is 0. The predicted octanol–water partition coefficient (Wildman–Crippen LogP) is 1.27. The van der Waals surface area contributed by atoms with Gasteiger partial charge in [-0.2, -0.15) is 0 Å². The molecule has 0 aromatic heterocycles. The van der Waals surface area contributed by atoms with E-state index in [1.54, 1.807) is 0 Å². The molecule has 0 radical (unpaired) electrons. The Morgan fingerprint density at radius 1 is 1.29 bits per heavy atom. The van der Waals surface area contributed by atoms with Gasteiger partial charge in [0.05, 0.1) is 12.3 Å². The van der Waals surface area contributed by atoms with Crippen LogP contribution in [0.15, 0.2) is 16.9 Å². The topological polar surface area (TPSA) is 82.1 Å². The Morgan fingerprint density at radius 3 is 2.43 bits per heavy atom. The molecule has 0 spiro atoms. The Kier molecular flexibility index (Phi) is 4.42. The molecule has 1 saturated carbocycles. The van der Waals surface area contributed by atoms with Crippen LogP contribution in [-0.2, 0) is 0 Å². The van der Waals surface area contributed by atoms with Gasteiger partial charge in [0, 0.05) is 6.20 Å². The number of allylic oxidation sites excluding steroid dienone is 1. The summed E-state index contributed by atoms with van der Waals surface area (Å²) in [5.41, 5.74) is 5.27. The first-order valence-electron chi connectivity index (χ1n) is 4.87. The van der Waals surface area contributed by atoms with Crippen LogP contribution < -0.4 is 5.73 Å². The average molecular weight is 199 g/mol. The second kappa shape index (κ2) is 5.62. The van der Waals surface area contributed by atoms with Crippen LogP contribution in [0.1, 0.15) is 32.1 Å². The van der Waals surface area contributed by atoms with E-state index in [4.69, 9.17) is 16.1 Å². The van der Waals surface area contributed by atoms with Gasteiger partial charge in [-0.25, -0.2) is 0 Å². The molecule has 0 heterocycles. The average Bonchev–Trinajstić information content (AvgIpc) is 2.20. The van der Waals surface area contributed by atoms with E-state index in [9.17, 15) is 0 Å². The number of hydroxylamine groups is 2. The van der Waals surface area contributed by atoms with Gasteiger partial charge in [0.15, 0.2) is 0 Å². The van der Waals surface area contributed by atoms with Crippen LogP contribution in [0.4, 0.5) is 0 Å². The minimum atomic E-state index is -0.0215. The van der Waals surface area contributed by atoms with Gasteiger partial charge in [0.25, 0.3) is 0 Å². The number of hydrogen-bond donors (Lipinski definition) is 3. The summed E-state index contributed by atoms with van der Waals surface area (Å²) in [5.74, 6) is 0. The van der Waals surface area contributed by atoms with Crippen molar-refractivity contribution in [3.05, 3.63) is 11.9 Å². The number of rotatable bonds is 3. The van der Waals surface area contributed by atoms with Gasteiger partial charge in [-0.3, -0.25) is 15.4 Å². The van der Waals surface area contributed by atoms with Gasteiger partial charge < -0.3 is 5.73 Å². The summed E-state index contributed by atoms with van der Waals surface area (Å²) in [7, 11) is 0. The molecule has 0 aliphatic heterocycles. The molecule has 0 bridgehead atoms. The van der Waals surface area contributed by atoms with Crippen molar-refractivity contribution >= 4 is 6.21 Å². The van der Waals surface area contributed by atoms with E-state index in [1.165, 1.54) is 25.5 Å². The van der Waals surface area contributed by atoms with Gasteiger partial charge in [-0.15, -0.1) is 5.23 Å². The Balaban J connectivity index is 2.44. The monoisotopic (exact) mass is 199 g/mol. The van der Waals surface area contributed by atoms with Gasteiger partial charge in [-0.05, 0) is 12.8 Å². The molecule has 4 N–H and O–H groups in total. The Bertz CT molecular complexity index is 220. The van der Waals surface area contributed by atoms with Crippen molar-refractivity contribution < 1.29 is 10.4 Å². The molecule has 1 aliphatic carbocycles. The quantitative estimate of drug-likeness (QED) is 0.472. The van der Waals surface area contributed by atoms with Gasteiger partial charge in [0.2, 0.25) is 0 Å². The zero-order valence-electron chi connectivity index (χ0n) is 8.13. The summed E-state index contributed by atoms with van der Waals surface area (Å²) >= 11 is 0. The molecule has 0 saturated heterocycles. The molecule has 0 unspecified atom stereocenters.